The summed E-state index contributed by atoms with van der Waals surface area (Å²) in [7, 11) is 3.70. The zero-order valence-electron chi connectivity index (χ0n) is 11.5. The topological polar surface area (TPSA) is 33.3 Å². The van der Waals surface area contributed by atoms with E-state index in [0.29, 0.717) is 6.04 Å². The quantitative estimate of drug-likeness (QED) is 0.795. The molecule has 0 aromatic heterocycles. The van der Waals surface area contributed by atoms with Gasteiger partial charge in [0.05, 0.1) is 7.11 Å². The van der Waals surface area contributed by atoms with Crippen LogP contribution in [0.25, 0.3) is 0 Å². The van der Waals surface area contributed by atoms with Gasteiger partial charge in [0, 0.05) is 24.2 Å². The number of methoxy groups -OCH3 is 1. The molecule has 0 fully saturated rings. The van der Waals surface area contributed by atoms with Gasteiger partial charge in [-0.3, -0.25) is 0 Å². The molecule has 17 heavy (non-hydrogen) atoms. The highest BCUT2D eigenvalue weighted by Crippen LogP contribution is 2.25. The summed E-state index contributed by atoms with van der Waals surface area (Å²) in [6.07, 6.45) is 0. The van der Waals surface area contributed by atoms with Gasteiger partial charge in [-0.1, -0.05) is 31.5 Å². The summed E-state index contributed by atoms with van der Waals surface area (Å²) in [5.41, 5.74) is 2.47. The van der Waals surface area contributed by atoms with Crippen molar-refractivity contribution in [1.29, 1.82) is 0 Å². The van der Waals surface area contributed by atoms with Gasteiger partial charge in [-0.05, 0) is 20.0 Å². The molecule has 1 aromatic rings. The lowest BCUT2D eigenvalue weighted by atomic mass is 10.0. The third-order valence-electron chi connectivity index (χ3n) is 2.84. The van der Waals surface area contributed by atoms with E-state index in [1.165, 1.54) is 11.1 Å². The van der Waals surface area contributed by atoms with Crippen LogP contribution in [0.2, 0.25) is 0 Å². The van der Waals surface area contributed by atoms with Crippen LogP contribution in [-0.4, -0.2) is 26.7 Å². The van der Waals surface area contributed by atoms with Crippen molar-refractivity contribution >= 4 is 0 Å². The molecule has 0 spiro atoms. The molecule has 1 rings (SSSR count). The smallest absolute Gasteiger partial charge is 0.123 e. The Hall–Kier alpha value is -1.06. The van der Waals surface area contributed by atoms with Gasteiger partial charge >= 0.3 is 0 Å². The maximum Gasteiger partial charge on any atom is 0.123 e. The van der Waals surface area contributed by atoms with Crippen molar-refractivity contribution in [1.82, 2.24) is 10.6 Å². The molecule has 0 saturated carbocycles. The standard InChI is InChI=1S/C14H24N2O/c1-10(2)16-9-13(15-4)12-8-11(3)6-7-14(12)17-5/h6-8,10,13,15-16H,9H2,1-5H3. The lowest BCUT2D eigenvalue weighted by Crippen LogP contribution is -2.33. The van der Waals surface area contributed by atoms with E-state index in [1.54, 1.807) is 7.11 Å². The van der Waals surface area contributed by atoms with Crippen LogP contribution in [0.1, 0.15) is 31.0 Å². The maximum absolute atomic E-state index is 5.42. The molecule has 96 valence electrons. The first-order valence-corrected chi connectivity index (χ1v) is 6.13. The number of benzene rings is 1. The summed E-state index contributed by atoms with van der Waals surface area (Å²) in [5, 5.41) is 6.78. The zero-order chi connectivity index (χ0) is 12.8. The first-order valence-electron chi connectivity index (χ1n) is 6.13. The molecule has 0 saturated heterocycles. The minimum absolute atomic E-state index is 0.271. The molecule has 3 nitrogen and oxygen atoms in total. The van der Waals surface area contributed by atoms with E-state index in [4.69, 9.17) is 4.74 Å². The molecule has 0 aliphatic rings. The van der Waals surface area contributed by atoms with E-state index in [-0.39, 0.29) is 6.04 Å². The monoisotopic (exact) mass is 236 g/mol. The molecular weight excluding hydrogens is 212 g/mol. The zero-order valence-corrected chi connectivity index (χ0v) is 11.5. The summed E-state index contributed by atoms with van der Waals surface area (Å²) >= 11 is 0. The average molecular weight is 236 g/mol. The van der Waals surface area contributed by atoms with Crippen molar-refractivity contribution in [2.24, 2.45) is 0 Å². The van der Waals surface area contributed by atoms with Gasteiger partial charge in [0.2, 0.25) is 0 Å². The van der Waals surface area contributed by atoms with Crippen LogP contribution in [-0.2, 0) is 0 Å². The number of nitrogens with one attached hydrogen (secondary N) is 2. The Balaban J connectivity index is 2.89. The number of likely N-dealkylation sites (N-methyl/N-ethyl adjacent to an activating group) is 1. The molecule has 0 aliphatic carbocycles. The molecule has 0 amide bonds. The van der Waals surface area contributed by atoms with Gasteiger partial charge in [-0.2, -0.15) is 0 Å². The molecule has 0 radical (unpaired) electrons. The molecule has 1 unspecified atom stereocenters. The molecule has 1 aromatic carbocycles. The Morgan fingerprint density at radius 2 is 2.00 bits per heavy atom. The van der Waals surface area contributed by atoms with E-state index < -0.39 is 0 Å². The Kier molecular flexibility index (Phi) is 5.45. The fourth-order valence-electron chi connectivity index (χ4n) is 1.85. The molecule has 2 N–H and O–H groups in total. The number of ether oxygens (including phenoxy) is 1. The largest absolute Gasteiger partial charge is 0.496 e. The van der Waals surface area contributed by atoms with Crippen LogP contribution in [0, 0.1) is 6.92 Å². The van der Waals surface area contributed by atoms with Crippen molar-refractivity contribution < 1.29 is 4.74 Å². The summed E-state index contributed by atoms with van der Waals surface area (Å²) in [5.74, 6) is 0.945. The van der Waals surface area contributed by atoms with Crippen molar-refractivity contribution in [2.75, 3.05) is 20.7 Å². The predicted molar refractivity (Wildman–Crippen MR) is 72.7 cm³/mol. The van der Waals surface area contributed by atoms with Crippen LogP contribution in [0.4, 0.5) is 0 Å². The average Bonchev–Trinajstić information content (AvgIpc) is 2.30. The second-order valence-electron chi connectivity index (χ2n) is 4.65. The fraction of sp³-hybridized carbons (Fsp3) is 0.571. The van der Waals surface area contributed by atoms with Crippen molar-refractivity contribution in [2.45, 2.75) is 32.9 Å². The SMILES string of the molecule is CNC(CNC(C)C)c1cc(C)ccc1OC. The van der Waals surface area contributed by atoms with E-state index in [2.05, 4.69) is 43.5 Å². The van der Waals surface area contributed by atoms with E-state index in [9.17, 15) is 0 Å². The van der Waals surface area contributed by atoms with Gasteiger partial charge in [0.15, 0.2) is 0 Å². The highest BCUT2D eigenvalue weighted by Gasteiger charge is 2.14. The molecule has 3 heteroatoms. The van der Waals surface area contributed by atoms with Gasteiger partial charge in [0.25, 0.3) is 0 Å². The summed E-state index contributed by atoms with van der Waals surface area (Å²) < 4.78 is 5.42. The molecule has 0 aliphatic heterocycles. The molecule has 1 atom stereocenters. The van der Waals surface area contributed by atoms with Crippen LogP contribution in [0.15, 0.2) is 18.2 Å². The number of hydrogen-bond donors (Lipinski definition) is 2. The lowest BCUT2D eigenvalue weighted by molar-refractivity contribution is 0.396. The molecule has 0 heterocycles. The van der Waals surface area contributed by atoms with Crippen molar-refractivity contribution in [3.63, 3.8) is 0 Å². The van der Waals surface area contributed by atoms with E-state index >= 15 is 0 Å². The van der Waals surface area contributed by atoms with Crippen LogP contribution >= 0.6 is 0 Å². The van der Waals surface area contributed by atoms with Crippen molar-refractivity contribution in [3.8, 4) is 5.75 Å². The molecule has 0 bridgehead atoms. The summed E-state index contributed by atoms with van der Waals surface area (Å²) in [4.78, 5) is 0. The highest BCUT2D eigenvalue weighted by atomic mass is 16.5. The van der Waals surface area contributed by atoms with Gasteiger partial charge in [0.1, 0.15) is 5.75 Å². The first kappa shape index (κ1) is 14.0. The third-order valence-corrected chi connectivity index (χ3v) is 2.84. The maximum atomic E-state index is 5.42. The van der Waals surface area contributed by atoms with Gasteiger partial charge < -0.3 is 15.4 Å². The van der Waals surface area contributed by atoms with Crippen LogP contribution in [0.5, 0.6) is 5.75 Å². The van der Waals surface area contributed by atoms with Crippen LogP contribution in [0.3, 0.4) is 0 Å². The third kappa shape index (κ3) is 4.02. The predicted octanol–water partition coefficient (Wildman–Crippen LogP) is 2.26. The Morgan fingerprint density at radius 3 is 2.53 bits per heavy atom. The summed E-state index contributed by atoms with van der Waals surface area (Å²) in [6.45, 7) is 7.31. The summed E-state index contributed by atoms with van der Waals surface area (Å²) in [6, 6.07) is 7.05. The minimum Gasteiger partial charge on any atom is -0.496 e. The van der Waals surface area contributed by atoms with Gasteiger partial charge in [-0.25, -0.2) is 0 Å². The highest BCUT2D eigenvalue weighted by molar-refractivity contribution is 5.39. The second kappa shape index (κ2) is 6.62. The van der Waals surface area contributed by atoms with Crippen LogP contribution < -0.4 is 15.4 Å². The number of aryl methyl sites for hydroxylation is 1. The Labute approximate surface area is 105 Å². The fourth-order valence-corrected chi connectivity index (χ4v) is 1.85. The number of hydrogen-bond acceptors (Lipinski definition) is 3. The van der Waals surface area contributed by atoms with Crippen molar-refractivity contribution in [3.05, 3.63) is 29.3 Å². The van der Waals surface area contributed by atoms with E-state index in [1.807, 2.05) is 13.1 Å². The van der Waals surface area contributed by atoms with E-state index in [0.717, 1.165) is 12.3 Å². The molecular formula is C14H24N2O. The lowest BCUT2D eigenvalue weighted by Gasteiger charge is -2.21. The Bertz CT molecular complexity index is 350. The second-order valence-corrected chi connectivity index (χ2v) is 4.65. The normalized spacial score (nSPS) is 12.8. The Morgan fingerprint density at radius 1 is 1.29 bits per heavy atom. The first-order chi connectivity index (χ1) is 8.08. The van der Waals surface area contributed by atoms with Gasteiger partial charge in [-0.15, -0.1) is 0 Å². The number of rotatable bonds is 6. The minimum atomic E-state index is 0.271.